The molecule has 0 atom stereocenters. The summed E-state index contributed by atoms with van der Waals surface area (Å²) < 4.78 is 1.31. The zero-order chi connectivity index (χ0) is 13.4. The van der Waals surface area contributed by atoms with Crippen LogP contribution in [0.1, 0.15) is 16.5 Å². The number of rotatable bonds is 2. The van der Waals surface area contributed by atoms with Gasteiger partial charge < -0.3 is 0 Å². The van der Waals surface area contributed by atoms with Gasteiger partial charge in [-0.15, -0.1) is 22.7 Å². The molecule has 0 aliphatic carbocycles. The summed E-state index contributed by atoms with van der Waals surface area (Å²) in [6.45, 7) is 3.70. The van der Waals surface area contributed by atoms with Crippen LogP contribution >= 0.6 is 22.7 Å². The van der Waals surface area contributed by atoms with E-state index in [2.05, 4.69) is 15.1 Å². The van der Waals surface area contributed by atoms with E-state index in [9.17, 15) is 4.79 Å². The molecule has 0 fully saturated rings. The smallest absolute Gasteiger partial charge is 0.267 e. The number of hydrogen-bond donors (Lipinski definition) is 0. The van der Waals surface area contributed by atoms with Gasteiger partial charge in [-0.1, -0.05) is 0 Å². The van der Waals surface area contributed by atoms with E-state index in [1.54, 1.807) is 30.5 Å². The van der Waals surface area contributed by atoms with Crippen molar-refractivity contribution in [2.75, 3.05) is 0 Å². The predicted molar refractivity (Wildman–Crippen MR) is 78.5 cm³/mol. The van der Waals surface area contributed by atoms with E-state index in [1.807, 2.05) is 17.7 Å². The molecule has 0 radical (unpaired) electrons. The first-order valence-corrected chi connectivity index (χ1v) is 7.34. The van der Waals surface area contributed by atoms with Crippen LogP contribution in [0.5, 0.6) is 0 Å². The third-order valence-electron chi connectivity index (χ3n) is 2.58. The van der Waals surface area contributed by atoms with Crippen LogP contribution in [0, 0.1) is 13.8 Å². The van der Waals surface area contributed by atoms with Crippen molar-refractivity contribution in [1.29, 1.82) is 0 Å². The van der Waals surface area contributed by atoms with E-state index in [0.717, 1.165) is 15.5 Å². The topological polar surface area (TPSA) is 60.1 Å². The number of nitrogens with zero attached hydrogens (tertiary/aromatic N) is 4. The number of thiazole rings is 1. The van der Waals surface area contributed by atoms with E-state index in [1.165, 1.54) is 16.0 Å². The second-order valence-electron chi connectivity index (χ2n) is 3.95. The summed E-state index contributed by atoms with van der Waals surface area (Å²) in [6.07, 6.45) is 1.58. The highest BCUT2D eigenvalue weighted by Gasteiger charge is 2.07. The third kappa shape index (κ3) is 2.22. The molecule has 5 nitrogen and oxygen atoms in total. The number of thiophene rings is 1. The summed E-state index contributed by atoms with van der Waals surface area (Å²) in [7, 11) is 0. The molecule has 0 aromatic carbocycles. The minimum atomic E-state index is -0.146. The highest BCUT2D eigenvalue weighted by Crippen LogP contribution is 2.14. The number of fused-ring (bicyclic) bond motifs is 1. The quantitative estimate of drug-likeness (QED) is 0.681. The van der Waals surface area contributed by atoms with Gasteiger partial charge in [0.15, 0.2) is 0 Å². The molecule has 0 aliphatic heterocycles. The predicted octanol–water partition coefficient (Wildman–Crippen LogP) is 2.41. The standard InChI is InChI=1S/C12H10N4OS2/c1-7-14-11-10(3-4-18-11)12(17)16(7)13-5-9-6-19-8(2)15-9/h3-6H,1-2H3/b13-5-. The molecule has 0 unspecified atom stereocenters. The Morgan fingerprint density at radius 3 is 2.89 bits per heavy atom. The van der Waals surface area contributed by atoms with Gasteiger partial charge in [-0.2, -0.15) is 9.78 Å². The second kappa shape index (κ2) is 4.67. The van der Waals surface area contributed by atoms with Gasteiger partial charge in [-0.25, -0.2) is 9.97 Å². The van der Waals surface area contributed by atoms with Crippen LogP contribution in [0.3, 0.4) is 0 Å². The van der Waals surface area contributed by atoms with Crippen molar-refractivity contribution in [2.24, 2.45) is 5.10 Å². The summed E-state index contributed by atoms with van der Waals surface area (Å²) in [4.78, 5) is 21.6. The molecule has 19 heavy (non-hydrogen) atoms. The summed E-state index contributed by atoms with van der Waals surface area (Å²) >= 11 is 3.00. The van der Waals surface area contributed by atoms with E-state index < -0.39 is 0 Å². The molecule has 0 amide bonds. The Bertz CT molecular complexity index is 828. The largest absolute Gasteiger partial charge is 0.282 e. The van der Waals surface area contributed by atoms with Gasteiger partial charge in [0.2, 0.25) is 0 Å². The molecule has 0 saturated carbocycles. The van der Waals surface area contributed by atoms with Gasteiger partial charge >= 0.3 is 0 Å². The fourth-order valence-corrected chi connectivity index (χ4v) is 3.06. The lowest BCUT2D eigenvalue weighted by Crippen LogP contribution is -2.19. The summed E-state index contributed by atoms with van der Waals surface area (Å²) in [6, 6.07) is 1.77. The SMILES string of the molecule is Cc1nc(/C=N\n2c(C)nc3sccc3c2=O)cs1. The highest BCUT2D eigenvalue weighted by molar-refractivity contribution is 7.16. The molecule has 0 bridgehead atoms. The van der Waals surface area contributed by atoms with Crippen LogP contribution < -0.4 is 5.56 Å². The van der Waals surface area contributed by atoms with Gasteiger partial charge in [-0.05, 0) is 25.3 Å². The normalized spacial score (nSPS) is 11.7. The molecule has 0 spiro atoms. The molecular weight excluding hydrogens is 280 g/mol. The Morgan fingerprint density at radius 2 is 2.16 bits per heavy atom. The van der Waals surface area contributed by atoms with E-state index in [-0.39, 0.29) is 5.56 Å². The number of aromatic nitrogens is 3. The van der Waals surface area contributed by atoms with Crippen molar-refractivity contribution in [1.82, 2.24) is 14.6 Å². The van der Waals surface area contributed by atoms with E-state index >= 15 is 0 Å². The zero-order valence-corrected chi connectivity index (χ0v) is 12.0. The Kier molecular flexibility index (Phi) is 3.00. The Labute approximate surface area is 116 Å². The van der Waals surface area contributed by atoms with Crippen LogP contribution in [-0.4, -0.2) is 20.9 Å². The van der Waals surface area contributed by atoms with Crippen LogP contribution in [0.15, 0.2) is 26.7 Å². The minimum Gasteiger partial charge on any atom is -0.267 e. The first-order valence-electron chi connectivity index (χ1n) is 5.58. The second-order valence-corrected chi connectivity index (χ2v) is 5.91. The fourth-order valence-electron chi connectivity index (χ4n) is 1.70. The molecule has 3 heterocycles. The van der Waals surface area contributed by atoms with Gasteiger partial charge in [0.05, 0.1) is 22.3 Å². The Morgan fingerprint density at radius 1 is 1.32 bits per heavy atom. The first kappa shape index (κ1) is 12.2. The van der Waals surface area contributed by atoms with Gasteiger partial charge in [0.25, 0.3) is 5.56 Å². The van der Waals surface area contributed by atoms with Gasteiger partial charge in [0, 0.05) is 5.38 Å². The lowest BCUT2D eigenvalue weighted by molar-refractivity contribution is 0.772. The Hall–Kier alpha value is -1.86. The fraction of sp³-hybridized carbons (Fsp3) is 0.167. The maximum Gasteiger partial charge on any atom is 0.282 e. The molecule has 96 valence electrons. The average Bonchev–Trinajstić information content (AvgIpc) is 2.98. The van der Waals surface area contributed by atoms with Crippen molar-refractivity contribution in [3.05, 3.63) is 43.7 Å². The van der Waals surface area contributed by atoms with Crippen molar-refractivity contribution in [2.45, 2.75) is 13.8 Å². The summed E-state index contributed by atoms with van der Waals surface area (Å²) in [5.74, 6) is 0.572. The molecule has 0 N–H and O–H groups in total. The molecular formula is C12H10N4OS2. The van der Waals surface area contributed by atoms with Crippen LogP contribution in [0.4, 0.5) is 0 Å². The van der Waals surface area contributed by atoms with Crippen LogP contribution in [0.25, 0.3) is 10.2 Å². The maximum atomic E-state index is 12.2. The molecule has 7 heteroatoms. The third-order valence-corrected chi connectivity index (χ3v) is 4.18. The van der Waals surface area contributed by atoms with E-state index in [4.69, 9.17) is 0 Å². The molecule has 0 aliphatic rings. The van der Waals surface area contributed by atoms with Crippen LogP contribution in [0.2, 0.25) is 0 Å². The average molecular weight is 290 g/mol. The lowest BCUT2D eigenvalue weighted by Gasteiger charge is -2.01. The minimum absolute atomic E-state index is 0.146. The zero-order valence-electron chi connectivity index (χ0n) is 10.3. The first-order chi connectivity index (χ1) is 9.15. The van der Waals surface area contributed by atoms with Crippen molar-refractivity contribution < 1.29 is 0 Å². The van der Waals surface area contributed by atoms with Crippen molar-refractivity contribution in [3.8, 4) is 0 Å². The molecule has 3 aromatic heterocycles. The van der Waals surface area contributed by atoms with Crippen molar-refractivity contribution in [3.63, 3.8) is 0 Å². The number of aryl methyl sites for hydroxylation is 2. The monoisotopic (exact) mass is 290 g/mol. The highest BCUT2D eigenvalue weighted by atomic mass is 32.1. The summed E-state index contributed by atoms with van der Waals surface area (Å²) in [5.41, 5.74) is 0.603. The van der Waals surface area contributed by atoms with Gasteiger partial charge in [0.1, 0.15) is 10.7 Å². The molecule has 0 saturated heterocycles. The van der Waals surface area contributed by atoms with Crippen LogP contribution in [-0.2, 0) is 0 Å². The lowest BCUT2D eigenvalue weighted by atomic mass is 10.4. The number of hydrogen-bond acceptors (Lipinski definition) is 6. The van der Waals surface area contributed by atoms with E-state index in [0.29, 0.717) is 11.2 Å². The maximum absolute atomic E-state index is 12.2. The Balaban J connectivity index is 2.09. The van der Waals surface area contributed by atoms with Crippen molar-refractivity contribution >= 4 is 39.1 Å². The molecule has 3 rings (SSSR count). The molecule has 3 aromatic rings. The summed E-state index contributed by atoms with van der Waals surface area (Å²) in [5, 5.41) is 9.51. The van der Waals surface area contributed by atoms with Gasteiger partial charge in [-0.3, -0.25) is 4.79 Å².